The first-order valence-electron chi connectivity index (χ1n) is 9.33. The maximum Gasteiger partial charge on any atom is 0.266 e. The first-order chi connectivity index (χ1) is 14.6. The summed E-state index contributed by atoms with van der Waals surface area (Å²) in [7, 11) is 0. The van der Waals surface area contributed by atoms with Gasteiger partial charge in [0.15, 0.2) is 5.16 Å². The maximum atomic E-state index is 14.5. The van der Waals surface area contributed by atoms with E-state index < -0.39 is 5.82 Å². The fourth-order valence-electron chi connectivity index (χ4n) is 3.03. The summed E-state index contributed by atoms with van der Waals surface area (Å²) in [6.45, 7) is 0.408. The minimum atomic E-state index is -0.535. The van der Waals surface area contributed by atoms with Crippen LogP contribution in [0.25, 0.3) is 16.6 Å². The summed E-state index contributed by atoms with van der Waals surface area (Å²) >= 11 is 1.10. The van der Waals surface area contributed by atoms with Crippen LogP contribution in [0.5, 0.6) is 0 Å². The summed E-state index contributed by atoms with van der Waals surface area (Å²) < 4.78 is 15.7. The van der Waals surface area contributed by atoms with Crippen LogP contribution in [0.2, 0.25) is 0 Å². The third-order valence-corrected chi connectivity index (χ3v) is 5.44. The number of hydrogen-bond acceptors (Lipinski definition) is 4. The van der Waals surface area contributed by atoms with Gasteiger partial charge < -0.3 is 5.32 Å². The lowest BCUT2D eigenvalue weighted by Gasteiger charge is -2.14. The number of carbonyl (C=O) groups is 1. The number of carbonyl (C=O) groups excluding carboxylic acids is 1. The molecule has 0 fully saturated rings. The lowest BCUT2D eigenvalue weighted by Crippen LogP contribution is -2.26. The lowest BCUT2D eigenvalue weighted by molar-refractivity contribution is -0.118. The van der Waals surface area contributed by atoms with Crippen molar-refractivity contribution >= 4 is 28.6 Å². The third kappa shape index (κ3) is 4.26. The first-order valence-corrected chi connectivity index (χ1v) is 10.3. The van der Waals surface area contributed by atoms with E-state index >= 15 is 0 Å². The number of para-hydroxylation sites is 2. The SMILES string of the molecule is O=C(CSc1nc2ccccc2c(=O)n1-c1ccccc1F)NCc1ccccc1. The van der Waals surface area contributed by atoms with Gasteiger partial charge in [0.25, 0.3) is 5.56 Å². The average Bonchev–Trinajstić information content (AvgIpc) is 2.78. The molecule has 0 atom stereocenters. The molecular formula is C23H18FN3O2S. The van der Waals surface area contributed by atoms with Crippen molar-refractivity contribution in [1.29, 1.82) is 0 Å². The van der Waals surface area contributed by atoms with Crippen molar-refractivity contribution in [3.05, 3.63) is 101 Å². The molecule has 0 aliphatic heterocycles. The van der Waals surface area contributed by atoms with Gasteiger partial charge in [-0.05, 0) is 29.8 Å². The van der Waals surface area contributed by atoms with E-state index in [1.165, 1.54) is 16.7 Å². The molecule has 1 amide bonds. The summed E-state index contributed by atoms with van der Waals surface area (Å²) in [4.78, 5) is 30.0. The van der Waals surface area contributed by atoms with Crippen molar-refractivity contribution < 1.29 is 9.18 Å². The van der Waals surface area contributed by atoms with Crippen molar-refractivity contribution in [2.24, 2.45) is 0 Å². The van der Waals surface area contributed by atoms with Crippen molar-refractivity contribution in [2.45, 2.75) is 11.7 Å². The van der Waals surface area contributed by atoms with Gasteiger partial charge in [0.1, 0.15) is 5.82 Å². The van der Waals surface area contributed by atoms with Gasteiger partial charge in [-0.15, -0.1) is 0 Å². The van der Waals surface area contributed by atoms with Gasteiger partial charge in [0.2, 0.25) is 5.91 Å². The highest BCUT2D eigenvalue weighted by atomic mass is 32.2. The van der Waals surface area contributed by atoms with E-state index in [-0.39, 0.29) is 28.1 Å². The Labute approximate surface area is 176 Å². The number of halogens is 1. The number of amides is 1. The van der Waals surface area contributed by atoms with Crippen LogP contribution in [0.15, 0.2) is 88.8 Å². The van der Waals surface area contributed by atoms with E-state index in [4.69, 9.17) is 0 Å². The zero-order chi connectivity index (χ0) is 20.9. The molecule has 150 valence electrons. The fourth-order valence-corrected chi connectivity index (χ4v) is 3.87. The smallest absolute Gasteiger partial charge is 0.266 e. The predicted octanol–water partition coefficient (Wildman–Crippen LogP) is 3.93. The molecule has 0 unspecified atom stereocenters. The Bertz CT molecular complexity index is 1260. The normalized spacial score (nSPS) is 10.8. The number of fused-ring (bicyclic) bond motifs is 1. The highest BCUT2D eigenvalue weighted by molar-refractivity contribution is 7.99. The molecule has 4 rings (SSSR count). The molecule has 0 aliphatic rings. The average molecular weight is 419 g/mol. The molecule has 4 aromatic rings. The highest BCUT2D eigenvalue weighted by Crippen LogP contribution is 2.22. The van der Waals surface area contributed by atoms with Crippen molar-refractivity contribution in [1.82, 2.24) is 14.9 Å². The van der Waals surface area contributed by atoms with E-state index in [2.05, 4.69) is 10.3 Å². The Kier molecular flexibility index (Phi) is 5.90. The number of benzene rings is 3. The van der Waals surface area contributed by atoms with Gasteiger partial charge in [-0.3, -0.25) is 14.2 Å². The zero-order valence-corrected chi connectivity index (χ0v) is 16.7. The first kappa shape index (κ1) is 19.8. The monoisotopic (exact) mass is 419 g/mol. The van der Waals surface area contributed by atoms with Crippen LogP contribution in [0.3, 0.4) is 0 Å². The molecule has 1 N–H and O–H groups in total. The summed E-state index contributed by atoms with van der Waals surface area (Å²) in [6.07, 6.45) is 0. The molecule has 1 aromatic heterocycles. The molecule has 30 heavy (non-hydrogen) atoms. The summed E-state index contributed by atoms with van der Waals surface area (Å²) in [5.41, 5.74) is 1.22. The Morgan fingerprint density at radius 2 is 1.67 bits per heavy atom. The lowest BCUT2D eigenvalue weighted by atomic mass is 10.2. The van der Waals surface area contributed by atoms with Crippen LogP contribution in [0.4, 0.5) is 4.39 Å². The molecule has 0 spiro atoms. The Morgan fingerprint density at radius 3 is 2.47 bits per heavy atom. The van der Waals surface area contributed by atoms with Crippen LogP contribution in [0.1, 0.15) is 5.56 Å². The van der Waals surface area contributed by atoms with Crippen LogP contribution in [0, 0.1) is 5.82 Å². The van der Waals surface area contributed by atoms with Gasteiger partial charge in [-0.2, -0.15) is 0 Å². The number of aromatic nitrogens is 2. The second-order valence-electron chi connectivity index (χ2n) is 6.55. The fraction of sp³-hybridized carbons (Fsp3) is 0.0870. The molecule has 0 aliphatic carbocycles. The molecule has 1 heterocycles. The quantitative estimate of drug-likeness (QED) is 0.380. The molecule has 5 nitrogen and oxygen atoms in total. The second-order valence-corrected chi connectivity index (χ2v) is 7.50. The van der Waals surface area contributed by atoms with E-state index in [9.17, 15) is 14.0 Å². The molecule has 7 heteroatoms. The molecule has 0 radical (unpaired) electrons. The van der Waals surface area contributed by atoms with Gasteiger partial charge in [0.05, 0.1) is 22.3 Å². The van der Waals surface area contributed by atoms with Crippen molar-refractivity contribution in [3.8, 4) is 5.69 Å². The van der Waals surface area contributed by atoms with Crippen LogP contribution < -0.4 is 10.9 Å². The molecule has 0 bridgehead atoms. The Hall–Kier alpha value is -3.45. The van der Waals surface area contributed by atoms with E-state index in [0.717, 1.165) is 17.3 Å². The van der Waals surface area contributed by atoms with Crippen molar-refractivity contribution in [3.63, 3.8) is 0 Å². The van der Waals surface area contributed by atoms with Crippen LogP contribution in [-0.2, 0) is 11.3 Å². The van der Waals surface area contributed by atoms with E-state index in [1.54, 1.807) is 36.4 Å². The summed E-state index contributed by atoms with van der Waals surface area (Å²) in [5.74, 6) is -0.690. The second kappa shape index (κ2) is 8.92. The highest BCUT2D eigenvalue weighted by Gasteiger charge is 2.16. The summed E-state index contributed by atoms with van der Waals surface area (Å²) in [5, 5.41) is 3.49. The predicted molar refractivity (Wildman–Crippen MR) is 116 cm³/mol. The standard InChI is InChI=1S/C23H18FN3O2S/c24-18-11-5-7-13-20(18)27-22(29)17-10-4-6-12-19(17)26-23(27)30-15-21(28)25-14-16-8-2-1-3-9-16/h1-13H,14-15H2,(H,25,28). The van der Waals surface area contributed by atoms with Gasteiger partial charge in [-0.1, -0.05) is 66.4 Å². The number of rotatable bonds is 6. The van der Waals surface area contributed by atoms with Gasteiger partial charge >= 0.3 is 0 Å². The van der Waals surface area contributed by atoms with Crippen LogP contribution in [-0.4, -0.2) is 21.2 Å². The van der Waals surface area contributed by atoms with Crippen molar-refractivity contribution in [2.75, 3.05) is 5.75 Å². The Balaban J connectivity index is 1.63. The third-order valence-electron chi connectivity index (χ3n) is 4.50. The number of nitrogens with zero attached hydrogens (tertiary/aromatic N) is 2. The topological polar surface area (TPSA) is 64.0 Å². The Morgan fingerprint density at radius 1 is 0.967 bits per heavy atom. The number of thioether (sulfide) groups is 1. The van der Waals surface area contributed by atoms with Gasteiger partial charge in [-0.25, -0.2) is 9.37 Å². The summed E-state index contributed by atoms with van der Waals surface area (Å²) in [6, 6.07) is 22.5. The molecule has 0 saturated heterocycles. The van der Waals surface area contributed by atoms with Gasteiger partial charge in [0, 0.05) is 6.54 Å². The van der Waals surface area contributed by atoms with Crippen LogP contribution >= 0.6 is 11.8 Å². The van der Waals surface area contributed by atoms with E-state index in [1.807, 2.05) is 30.3 Å². The maximum absolute atomic E-state index is 14.5. The largest absolute Gasteiger partial charge is 0.351 e. The zero-order valence-electron chi connectivity index (χ0n) is 15.9. The number of hydrogen-bond donors (Lipinski definition) is 1. The minimum Gasteiger partial charge on any atom is -0.351 e. The molecule has 3 aromatic carbocycles. The minimum absolute atomic E-state index is 0.0477. The molecule has 0 saturated carbocycles. The molecular weight excluding hydrogens is 401 g/mol. The number of nitrogens with one attached hydrogen (secondary N) is 1. The van der Waals surface area contributed by atoms with E-state index in [0.29, 0.717) is 17.4 Å².